The SMILES string of the molecule is CN(C)[C@H]1C[C@@]23CC[C@@]4(O2)C(=CC(C)(C)[C@]2(C)C(c5ccc6ccncc6c5)=CCC42)C=C3[C@@H](O)[C@@H]1O. The van der Waals surface area contributed by atoms with Gasteiger partial charge in [0.05, 0.1) is 17.3 Å². The minimum absolute atomic E-state index is 0.114. The summed E-state index contributed by atoms with van der Waals surface area (Å²) in [6, 6.07) is 8.71. The van der Waals surface area contributed by atoms with Gasteiger partial charge in [-0.15, -0.1) is 0 Å². The third-order valence-electron chi connectivity index (χ3n) is 11.0. The molecule has 2 aromatic rings. The van der Waals surface area contributed by atoms with Gasteiger partial charge in [-0.1, -0.05) is 51.1 Å². The summed E-state index contributed by atoms with van der Waals surface area (Å²) in [6.45, 7) is 7.15. The van der Waals surface area contributed by atoms with E-state index in [1.54, 1.807) is 0 Å². The highest BCUT2D eigenvalue weighted by Crippen LogP contribution is 2.71. The second-order valence-electron chi connectivity index (χ2n) is 13.1. The van der Waals surface area contributed by atoms with E-state index in [1.165, 1.54) is 27.5 Å². The Morgan fingerprint density at radius 1 is 1.05 bits per heavy atom. The van der Waals surface area contributed by atoms with Crippen LogP contribution < -0.4 is 0 Å². The molecule has 1 aromatic carbocycles. The zero-order valence-corrected chi connectivity index (χ0v) is 22.5. The van der Waals surface area contributed by atoms with Crippen molar-refractivity contribution in [2.24, 2.45) is 16.7 Å². The minimum Gasteiger partial charge on any atom is -0.388 e. The fraction of sp³-hybridized carbons (Fsp3) is 0.531. The Bertz CT molecular complexity index is 1410. The molecule has 37 heavy (non-hydrogen) atoms. The summed E-state index contributed by atoms with van der Waals surface area (Å²) in [5, 5.41) is 24.6. The Hall–Kier alpha value is -2.31. The largest absolute Gasteiger partial charge is 0.388 e. The third-order valence-corrected chi connectivity index (χ3v) is 11.0. The van der Waals surface area contributed by atoms with Crippen molar-refractivity contribution in [2.75, 3.05) is 14.1 Å². The van der Waals surface area contributed by atoms with Crippen LogP contribution in [0.25, 0.3) is 16.3 Å². The summed E-state index contributed by atoms with van der Waals surface area (Å²) < 4.78 is 7.33. The van der Waals surface area contributed by atoms with E-state index in [-0.39, 0.29) is 22.5 Å². The molecule has 2 spiro atoms. The number of aliphatic hydroxyl groups is 2. The molecule has 5 nitrogen and oxygen atoms in total. The minimum atomic E-state index is -0.905. The van der Waals surface area contributed by atoms with Gasteiger partial charge in [0.25, 0.3) is 0 Å². The van der Waals surface area contributed by atoms with Crippen LogP contribution in [0.1, 0.15) is 52.0 Å². The summed E-state index contributed by atoms with van der Waals surface area (Å²) in [6.07, 6.45) is 12.7. The first-order valence-electron chi connectivity index (χ1n) is 13.8. The molecular weight excluding hydrogens is 460 g/mol. The lowest BCUT2D eigenvalue weighted by Gasteiger charge is -2.60. The fourth-order valence-corrected chi connectivity index (χ4v) is 8.77. The molecule has 7 rings (SSSR count). The molecule has 5 aliphatic rings. The molecule has 2 fully saturated rings. The van der Waals surface area contributed by atoms with Gasteiger partial charge in [0.2, 0.25) is 0 Å². The van der Waals surface area contributed by atoms with Crippen LogP contribution in [0.2, 0.25) is 0 Å². The average Bonchev–Trinajstić information content (AvgIpc) is 3.40. The second kappa shape index (κ2) is 7.41. The predicted molar refractivity (Wildman–Crippen MR) is 146 cm³/mol. The average molecular weight is 499 g/mol. The van der Waals surface area contributed by atoms with Gasteiger partial charge in [-0.3, -0.25) is 4.98 Å². The zero-order chi connectivity index (χ0) is 26.0. The molecule has 2 N–H and O–H groups in total. The summed E-state index contributed by atoms with van der Waals surface area (Å²) in [7, 11) is 3.97. The van der Waals surface area contributed by atoms with E-state index in [0.29, 0.717) is 12.3 Å². The number of allylic oxidation sites excluding steroid dienone is 3. The number of benzene rings is 1. The molecule has 194 valence electrons. The summed E-state index contributed by atoms with van der Waals surface area (Å²) >= 11 is 0. The van der Waals surface area contributed by atoms with Crippen molar-refractivity contribution in [1.29, 1.82) is 0 Å². The highest BCUT2D eigenvalue weighted by molar-refractivity contribution is 5.87. The molecule has 1 unspecified atom stereocenters. The molecule has 0 amide bonds. The van der Waals surface area contributed by atoms with Gasteiger partial charge in [0.1, 0.15) is 6.10 Å². The van der Waals surface area contributed by atoms with Gasteiger partial charge in [-0.05, 0) is 85.0 Å². The lowest BCUT2D eigenvalue weighted by molar-refractivity contribution is -0.170. The lowest BCUT2D eigenvalue weighted by Crippen LogP contribution is -2.63. The first kappa shape index (κ1) is 23.8. The van der Waals surface area contributed by atoms with Gasteiger partial charge >= 0.3 is 0 Å². The van der Waals surface area contributed by atoms with Crippen molar-refractivity contribution in [3.8, 4) is 0 Å². The highest BCUT2D eigenvalue weighted by Gasteiger charge is 2.70. The molecule has 7 atom stereocenters. The number of hydrogen-bond acceptors (Lipinski definition) is 5. The molecule has 5 heteroatoms. The maximum atomic E-state index is 11.3. The van der Waals surface area contributed by atoms with Crippen molar-refractivity contribution in [3.05, 3.63) is 71.6 Å². The summed E-state index contributed by atoms with van der Waals surface area (Å²) in [4.78, 5) is 6.40. The number of rotatable bonds is 2. The van der Waals surface area contributed by atoms with E-state index in [1.807, 2.05) is 31.4 Å². The van der Waals surface area contributed by atoms with Crippen LogP contribution in [0.5, 0.6) is 0 Å². The Kier molecular flexibility index (Phi) is 4.76. The van der Waals surface area contributed by atoms with Gasteiger partial charge in [-0.25, -0.2) is 0 Å². The monoisotopic (exact) mass is 498 g/mol. The molecule has 1 aromatic heterocycles. The van der Waals surface area contributed by atoms with Crippen molar-refractivity contribution in [2.45, 2.75) is 75.9 Å². The van der Waals surface area contributed by atoms with Crippen LogP contribution in [0.15, 0.2) is 66.0 Å². The fourth-order valence-electron chi connectivity index (χ4n) is 8.77. The number of aliphatic hydroxyl groups excluding tert-OH is 2. The smallest absolute Gasteiger partial charge is 0.105 e. The number of aromatic nitrogens is 1. The van der Waals surface area contributed by atoms with Crippen molar-refractivity contribution in [3.63, 3.8) is 0 Å². The van der Waals surface area contributed by atoms with E-state index < -0.39 is 17.8 Å². The van der Waals surface area contributed by atoms with Crippen molar-refractivity contribution >= 4 is 16.3 Å². The molecule has 1 saturated heterocycles. The van der Waals surface area contributed by atoms with Crippen LogP contribution >= 0.6 is 0 Å². The number of hydrogen-bond donors (Lipinski definition) is 2. The second-order valence-corrected chi connectivity index (χ2v) is 13.1. The zero-order valence-electron chi connectivity index (χ0n) is 22.5. The van der Waals surface area contributed by atoms with Gasteiger partial charge < -0.3 is 19.8 Å². The molecule has 2 bridgehead atoms. The summed E-state index contributed by atoms with van der Waals surface area (Å²) in [5.41, 5.74) is 3.64. The maximum absolute atomic E-state index is 11.3. The third kappa shape index (κ3) is 2.86. The Balaban J connectivity index is 1.36. The molecule has 3 aliphatic carbocycles. The number of ether oxygens (including phenoxy) is 1. The van der Waals surface area contributed by atoms with E-state index >= 15 is 0 Å². The van der Waals surface area contributed by atoms with Crippen LogP contribution in [0.4, 0.5) is 0 Å². The van der Waals surface area contributed by atoms with Crippen LogP contribution in [0, 0.1) is 16.7 Å². The van der Waals surface area contributed by atoms with Gasteiger partial charge in [0, 0.05) is 35.2 Å². The van der Waals surface area contributed by atoms with E-state index in [2.05, 4.69) is 68.2 Å². The number of pyridine rings is 1. The maximum Gasteiger partial charge on any atom is 0.105 e. The molecular formula is C32H38N2O3. The van der Waals surface area contributed by atoms with Gasteiger partial charge in [0.15, 0.2) is 0 Å². The van der Waals surface area contributed by atoms with E-state index in [0.717, 1.165) is 24.8 Å². The first-order valence-corrected chi connectivity index (χ1v) is 13.8. The van der Waals surface area contributed by atoms with Crippen LogP contribution in [-0.4, -0.2) is 63.6 Å². The number of nitrogens with zero attached hydrogens (tertiary/aromatic N) is 2. The molecule has 2 aliphatic heterocycles. The highest BCUT2D eigenvalue weighted by atomic mass is 16.5. The number of likely N-dealkylation sites (N-methyl/N-ethyl adjacent to an activating group) is 1. The lowest BCUT2D eigenvalue weighted by atomic mass is 9.49. The molecule has 1 saturated carbocycles. The standard InChI is InChI=1S/C32H38N2O3/c1-29(2)16-22-15-24-27(35)28(36)25(34(4)5)17-31(24)11-12-32(22,37-31)26-9-8-23(30(26,29)3)20-7-6-19-10-13-33-18-21(19)14-20/h6-8,10,13-16,18,25-28,35-36H,9,11-12,17H2,1-5H3/t25-,26?,27+,28+,30+,31+,32+/m0/s1. The topological polar surface area (TPSA) is 65.8 Å². The Morgan fingerprint density at radius 3 is 2.65 bits per heavy atom. The summed E-state index contributed by atoms with van der Waals surface area (Å²) in [5.74, 6) is 0.300. The molecule has 0 radical (unpaired) electrons. The normalized spacial score (nSPS) is 41.6. The predicted octanol–water partition coefficient (Wildman–Crippen LogP) is 4.89. The van der Waals surface area contributed by atoms with E-state index in [4.69, 9.17) is 4.74 Å². The van der Waals surface area contributed by atoms with Crippen molar-refractivity contribution in [1.82, 2.24) is 9.88 Å². The quantitative estimate of drug-likeness (QED) is 0.617. The Morgan fingerprint density at radius 2 is 1.86 bits per heavy atom. The van der Waals surface area contributed by atoms with E-state index in [9.17, 15) is 10.2 Å². The van der Waals surface area contributed by atoms with Gasteiger partial charge in [-0.2, -0.15) is 0 Å². The van der Waals surface area contributed by atoms with Crippen LogP contribution in [0.3, 0.4) is 0 Å². The molecule has 3 heterocycles. The van der Waals surface area contributed by atoms with Crippen LogP contribution in [-0.2, 0) is 4.74 Å². The number of fused-ring (bicyclic) bond motifs is 2. The first-order chi connectivity index (χ1) is 17.5. The van der Waals surface area contributed by atoms with Crippen molar-refractivity contribution < 1.29 is 14.9 Å². The Labute approximate surface area is 219 Å².